The molecular formula is C52H81NO12. The van der Waals surface area contributed by atoms with Gasteiger partial charge in [0.1, 0.15) is 30.1 Å². The summed E-state index contributed by atoms with van der Waals surface area (Å²) in [5.74, 6) is -7.07. The van der Waals surface area contributed by atoms with Gasteiger partial charge in [-0.3, -0.25) is 19.2 Å². The molecule has 2 bridgehead atoms. The molecule has 0 spiro atoms. The highest BCUT2D eigenvalue weighted by atomic mass is 16.6. The fourth-order valence-electron chi connectivity index (χ4n) is 10.4. The Morgan fingerprint density at radius 1 is 0.846 bits per heavy atom. The van der Waals surface area contributed by atoms with Gasteiger partial charge >= 0.3 is 5.97 Å². The lowest BCUT2D eigenvalue weighted by molar-refractivity contribution is -0.265. The van der Waals surface area contributed by atoms with Crippen molar-refractivity contribution in [3.05, 3.63) is 47.6 Å². The Kier molecular flexibility index (Phi) is 21.0. The SMILES string of the molecule is CO[C@H]1C[C@@H]2CC[C@@H](C)[C@@](O)(O2)C(=O)C(=O)N2CCCC[C@H]2C(=O)O[C@H]([C@H](C)C[C@@H]2CC[C@H](C)[C@H](OC)C2)CC(=O)[C@H](C)/C=C(\C)[C@@H](O)[C@@H](OC)C(=O)[C@@H](C)C[C@H](C)/C=C/C=CC=C1C. The minimum absolute atomic E-state index is 0.0304. The van der Waals surface area contributed by atoms with Crippen molar-refractivity contribution in [2.75, 3.05) is 27.9 Å². The molecule has 0 aromatic carbocycles. The highest BCUT2D eigenvalue weighted by Crippen LogP contribution is 2.38. The number of hydrogen-bond donors (Lipinski definition) is 2. The third-order valence-electron chi connectivity index (χ3n) is 14.8. The van der Waals surface area contributed by atoms with E-state index in [0.717, 1.165) is 24.8 Å². The highest BCUT2D eigenvalue weighted by Gasteiger charge is 2.53. The van der Waals surface area contributed by atoms with Crippen LogP contribution in [0, 0.1) is 41.4 Å². The van der Waals surface area contributed by atoms with Crippen LogP contribution in [0.2, 0.25) is 0 Å². The number of rotatable bonds is 6. The first-order chi connectivity index (χ1) is 30.7. The molecule has 15 atom stereocenters. The van der Waals surface area contributed by atoms with Crippen molar-refractivity contribution < 1.29 is 57.9 Å². The van der Waals surface area contributed by atoms with Gasteiger partial charge in [-0.1, -0.05) is 78.0 Å². The van der Waals surface area contributed by atoms with Crippen LogP contribution < -0.4 is 0 Å². The van der Waals surface area contributed by atoms with E-state index in [2.05, 4.69) is 6.92 Å². The van der Waals surface area contributed by atoms with Gasteiger partial charge in [0, 0.05) is 58.5 Å². The van der Waals surface area contributed by atoms with Gasteiger partial charge in [-0.25, -0.2) is 4.79 Å². The van der Waals surface area contributed by atoms with E-state index >= 15 is 0 Å². The largest absolute Gasteiger partial charge is 0.460 e. The molecule has 2 saturated heterocycles. The number of carbonyl (C=O) groups is 5. The van der Waals surface area contributed by atoms with Gasteiger partial charge in [-0.05, 0) is 113 Å². The van der Waals surface area contributed by atoms with Gasteiger partial charge in [-0.15, -0.1) is 0 Å². The van der Waals surface area contributed by atoms with Crippen molar-refractivity contribution in [1.82, 2.24) is 4.90 Å². The van der Waals surface area contributed by atoms with Crippen molar-refractivity contribution in [2.45, 2.75) is 181 Å². The Morgan fingerprint density at radius 3 is 2.25 bits per heavy atom. The number of esters is 1. The summed E-state index contributed by atoms with van der Waals surface area (Å²) in [7, 11) is 4.70. The molecule has 366 valence electrons. The second-order valence-corrected chi connectivity index (χ2v) is 20.0. The standard InChI is InChI=1S/C52H81NO12/c1-31-17-13-12-14-18-32(2)44(62-10)29-40-23-21-38(8)52(60,65-40)49(57)50(58)53-24-16-15-19-41(53)51(59)64-45(35(5)27-39-22-20-33(3)43(28-39)61-9)30-42(54)34(4)26-37(7)47(56)48(63-11)46(55)36(6)25-31/h12-14,17-18,26,31,33-36,38-41,43-45,47-48,56,60H,15-16,19-25,27-30H2,1-11H3/b14-12?,17-13+,32-18?,37-26+/t31-,33+,34-,35-,36+,38-,39+,40+,41+,43-,44+,45+,47-,48+,52-/m1/s1. The summed E-state index contributed by atoms with van der Waals surface area (Å²) in [4.78, 5) is 71.9. The molecule has 3 fully saturated rings. The monoisotopic (exact) mass is 912 g/mol. The van der Waals surface area contributed by atoms with Gasteiger partial charge in [0.15, 0.2) is 5.78 Å². The zero-order valence-electron chi connectivity index (χ0n) is 41.2. The number of ether oxygens (including phenoxy) is 5. The maximum absolute atomic E-state index is 14.4. The number of piperidine rings is 1. The number of allylic oxidation sites excluding steroid dienone is 6. The number of cyclic esters (lactones) is 1. The maximum Gasteiger partial charge on any atom is 0.329 e. The Morgan fingerprint density at radius 2 is 1.57 bits per heavy atom. The van der Waals surface area contributed by atoms with Crippen molar-refractivity contribution in [2.24, 2.45) is 41.4 Å². The average molecular weight is 912 g/mol. The fourth-order valence-corrected chi connectivity index (χ4v) is 10.4. The summed E-state index contributed by atoms with van der Waals surface area (Å²) < 4.78 is 29.7. The van der Waals surface area contributed by atoms with E-state index in [0.29, 0.717) is 56.4 Å². The molecule has 0 radical (unpaired) electrons. The predicted molar refractivity (Wildman–Crippen MR) is 248 cm³/mol. The van der Waals surface area contributed by atoms with Crippen LogP contribution in [0.15, 0.2) is 47.6 Å². The molecule has 13 heteroatoms. The van der Waals surface area contributed by atoms with Crippen LogP contribution in [0.4, 0.5) is 0 Å². The minimum Gasteiger partial charge on any atom is -0.460 e. The molecule has 13 nitrogen and oxygen atoms in total. The van der Waals surface area contributed by atoms with Crippen LogP contribution in [0.25, 0.3) is 0 Å². The molecular weight excluding hydrogens is 831 g/mol. The third kappa shape index (κ3) is 14.3. The molecule has 0 aromatic rings. The van der Waals surface area contributed by atoms with E-state index < -0.39 is 77.8 Å². The summed E-state index contributed by atoms with van der Waals surface area (Å²) >= 11 is 0. The lowest BCUT2D eigenvalue weighted by Gasteiger charge is -2.42. The van der Waals surface area contributed by atoms with Gasteiger partial charge < -0.3 is 38.8 Å². The zero-order valence-corrected chi connectivity index (χ0v) is 41.2. The average Bonchev–Trinajstić information content (AvgIpc) is 3.28. The van der Waals surface area contributed by atoms with Crippen molar-refractivity contribution >= 4 is 29.2 Å². The molecule has 0 unspecified atom stereocenters. The van der Waals surface area contributed by atoms with Crippen LogP contribution in [-0.4, -0.2) is 121 Å². The quantitative estimate of drug-likeness (QED) is 0.153. The van der Waals surface area contributed by atoms with Crippen LogP contribution >= 0.6 is 0 Å². The van der Waals surface area contributed by atoms with Gasteiger partial charge in [0.2, 0.25) is 5.79 Å². The Balaban J connectivity index is 1.70. The predicted octanol–water partition coefficient (Wildman–Crippen LogP) is 7.46. The number of amides is 1. The lowest BCUT2D eigenvalue weighted by Crippen LogP contribution is -2.61. The molecule has 0 aromatic heterocycles. The number of carbonyl (C=O) groups excluding carboxylic acids is 5. The molecule has 3 aliphatic heterocycles. The number of methoxy groups -OCH3 is 3. The number of ketones is 3. The number of Topliss-reactive ketones (excluding diaryl/α,β-unsaturated/α-hetero) is 3. The Bertz CT molecular complexity index is 1750. The third-order valence-corrected chi connectivity index (χ3v) is 14.8. The first-order valence-electron chi connectivity index (χ1n) is 24.2. The second kappa shape index (κ2) is 25.2. The molecule has 4 rings (SSSR count). The summed E-state index contributed by atoms with van der Waals surface area (Å²) in [5, 5.41) is 23.4. The minimum atomic E-state index is -2.41. The highest BCUT2D eigenvalue weighted by molar-refractivity contribution is 6.39. The van der Waals surface area contributed by atoms with Crippen LogP contribution in [-0.2, 0) is 47.7 Å². The Hall–Kier alpha value is -3.33. The van der Waals surface area contributed by atoms with E-state index in [1.54, 1.807) is 41.1 Å². The number of aliphatic hydroxyl groups is 2. The van der Waals surface area contributed by atoms with Crippen molar-refractivity contribution in [3.63, 3.8) is 0 Å². The fraction of sp³-hybridized carbons (Fsp3) is 0.750. The van der Waals surface area contributed by atoms with E-state index in [4.69, 9.17) is 23.7 Å². The smallest absolute Gasteiger partial charge is 0.329 e. The second-order valence-electron chi connectivity index (χ2n) is 20.0. The van der Waals surface area contributed by atoms with Crippen LogP contribution in [0.1, 0.15) is 132 Å². The summed E-state index contributed by atoms with van der Waals surface area (Å²) in [6.45, 7) is 15.1. The molecule has 65 heavy (non-hydrogen) atoms. The number of hydrogen-bond acceptors (Lipinski definition) is 12. The topological polar surface area (TPSA) is 175 Å². The van der Waals surface area contributed by atoms with E-state index in [1.807, 2.05) is 58.1 Å². The summed E-state index contributed by atoms with van der Waals surface area (Å²) in [6.07, 6.45) is 13.6. The van der Waals surface area contributed by atoms with Gasteiger partial charge in [-0.2, -0.15) is 0 Å². The van der Waals surface area contributed by atoms with Crippen LogP contribution in [0.3, 0.4) is 0 Å². The molecule has 2 N–H and O–H groups in total. The Labute approximate surface area is 388 Å². The van der Waals surface area contributed by atoms with E-state index in [-0.39, 0.29) is 54.8 Å². The molecule has 1 saturated carbocycles. The number of nitrogens with zero attached hydrogens (tertiary/aromatic N) is 1. The molecule has 4 aliphatic rings. The van der Waals surface area contributed by atoms with E-state index in [1.165, 1.54) is 12.0 Å². The summed E-state index contributed by atoms with van der Waals surface area (Å²) in [5.41, 5.74) is 1.30. The number of aliphatic hydroxyl groups excluding tert-OH is 1. The zero-order chi connectivity index (χ0) is 48.2. The number of fused-ring (bicyclic) bond motifs is 3. The maximum atomic E-state index is 14.4. The van der Waals surface area contributed by atoms with Gasteiger partial charge in [0.05, 0.1) is 18.3 Å². The van der Waals surface area contributed by atoms with Gasteiger partial charge in [0.25, 0.3) is 11.7 Å². The normalized spacial score (nSPS) is 39.1. The first-order valence-corrected chi connectivity index (χ1v) is 24.2. The van der Waals surface area contributed by atoms with E-state index in [9.17, 15) is 34.2 Å². The molecule has 3 heterocycles. The molecule has 1 aliphatic carbocycles. The first kappa shape index (κ1) is 54.3. The van der Waals surface area contributed by atoms with Crippen LogP contribution in [0.5, 0.6) is 0 Å². The van der Waals surface area contributed by atoms with Crippen molar-refractivity contribution in [1.29, 1.82) is 0 Å². The molecule has 1 amide bonds. The lowest BCUT2D eigenvalue weighted by atomic mass is 9.76. The summed E-state index contributed by atoms with van der Waals surface area (Å²) in [6, 6.07) is -1.11. The van der Waals surface area contributed by atoms with Crippen molar-refractivity contribution in [3.8, 4) is 0 Å².